The molecule has 0 aromatic rings. The minimum absolute atomic E-state index is 0.137. The Morgan fingerprint density at radius 3 is 2.79 bits per heavy atom. The van der Waals surface area contributed by atoms with Crippen LogP contribution in [0.2, 0.25) is 0 Å². The zero-order valence-corrected chi connectivity index (χ0v) is 11.3. The molecule has 7 nitrogen and oxygen atoms in total. The highest BCUT2D eigenvalue weighted by molar-refractivity contribution is 7.91. The molecule has 2 amide bonds. The van der Waals surface area contributed by atoms with Crippen LogP contribution in [0.15, 0.2) is 5.10 Å². The Labute approximate surface area is 111 Å². The number of carbonyl (C=O) groups is 2. The maximum atomic E-state index is 11.7. The summed E-state index contributed by atoms with van der Waals surface area (Å²) < 4.78 is 22.5. The fraction of sp³-hybridized carbons (Fsp3) is 0.727. The summed E-state index contributed by atoms with van der Waals surface area (Å²) in [7, 11) is -2.86. The fourth-order valence-electron chi connectivity index (χ4n) is 2.23. The normalized spacial score (nSPS) is 25.6. The molecule has 2 N–H and O–H groups in total. The molecule has 0 aromatic carbocycles. The lowest BCUT2D eigenvalue weighted by Gasteiger charge is -2.13. The third kappa shape index (κ3) is 4.02. The first-order valence-electron chi connectivity index (χ1n) is 6.30. The van der Waals surface area contributed by atoms with Gasteiger partial charge in [-0.3, -0.25) is 9.59 Å². The van der Waals surface area contributed by atoms with Gasteiger partial charge in [-0.1, -0.05) is 0 Å². The van der Waals surface area contributed by atoms with Crippen LogP contribution < -0.4 is 10.7 Å². The average molecular weight is 287 g/mol. The number of amides is 2. The van der Waals surface area contributed by atoms with Crippen molar-refractivity contribution in [1.82, 2.24) is 10.7 Å². The predicted molar refractivity (Wildman–Crippen MR) is 69.2 cm³/mol. The molecular formula is C11H17N3O4S. The lowest BCUT2D eigenvalue weighted by molar-refractivity contribution is -0.121. The van der Waals surface area contributed by atoms with Crippen LogP contribution in [-0.2, 0) is 19.4 Å². The van der Waals surface area contributed by atoms with Gasteiger partial charge in [0.25, 0.3) is 5.91 Å². The number of nitrogens with zero attached hydrogens (tertiary/aromatic N) is 1. The molecule has 106 valence electrons. The molecule has 1 atom stereocenters. The predicted octanol–water partition coefficient (Wildman–Crippen LogP) is -0.807. The van der Waals surface area contributed by atoms with Crippen molar-refractivity contribution in [2.45, 2.75) is 25.7 Å². The molecule has 2 heterocycles. The maximum absolute atomic E-state index is 11.7. The van der Waals surface area contributed by atoms with Gasteiger partial charge in [0, 0.05) is 19.4 Å². The van der Waals surface area contributed by atoms with E-state index in [0.29, 0.717) is 31.5 Å². The summed E-state index contributed by atoms with van der Waals surface area (Å²) in [4.78, 5) is 22.6. The SMILES string of the molecule is O=C1CCC(C(=O)NCCC2CCS(=O)(=O)C2)=NN1. The van der Waals surface area contributed by atoms with E-state index in [2.05, 4.69) is 15.8 Å². The van der Waals surface area contributed by atoms with Crippen LogP contribution in [0.3, 0.4) is 0 Å². The van der Waals surface area contributed by atoms with E-state index in [1.807, 2.05) is 0 Å². The van der Waals surface area contributed by atoms with Gasteiger partial charge in [0.05, 0.1) is 11.5 Å². The second kappa shape index (κ2) is 5.68. The molecule has 2 rings (SSSR count). The maximum Gasteiger partial charge on any atom is 0.267 e. The topological polar surface area (TPSA) is 105 Å². The van der Waals surface area contributed by atoms with Gasteiger partial charge in [-0.2, -0.15) is 5.10 Å². The van der Waals surface area contributed by atoms with E-state index in [0.717, 1.165) is 0 Å². The van der Waals surface area contributed by atoms with Gasteiger partial charge in [0.2, 0.25) is 5.91 Å². The Morgan fingerprint density at radius 1 is 1.42 bits per heavy atom. The molecule has 1 fully saturated rings. The Hall–Kier alpha value is -1.44. The molecule has 1 unspecified atom stereocenters. The van der Waals surface area contributed by atoms with E-state index < -0.39 is 9.84 Å². The summed E-state index contributed by atoms with van der Waals surface area (Å²) >= 11 is 0. The third-order valence-corrected chi connectivity index (χ3v) is 5.17. The van der Waals surface area contributed by atoms with Crippen molar-refractivity contribution < 1.29 is 18.0 Å². The van der Waals surface area contributed by atoms with Crippen LogP contribution in [0.1, 0.15) is 25.7 Å². The van der Waals surface area contributed by atoms with E-state index >= 15 is 0 Å². The van der Waals surface area contributed by atoms with Crippen LogP contribution in [0.5, 0.6) is 0 Å². The largest absolute Gasteiger partial charge is 0.351 e. The van der Waals surface area contributed by atoms with Crippen LogP contribution in [0.25, 0.3) is 0 Å². The van der Waals surface area contributed by atoms with E-state index in [1.165, 1.54) is 0 Å². The fourth-order valence-corrected chi connectivity index (χ4v) is 4.14. The third-order valence-electron chi connectivity index (χ3n) is 3.33. The van der Waals surface area contributed by atoms with Crippen molar-refractivity contribution in [1.29, 1.82) is 0 Å². The van der Waals surface area contributed by atoms with Crippen LogP contribution in [0.4, 0.5) is 0 Å². The van der Waals surface area contributed by atoms with Gasteiger partial charge in [0.15, 0.2) is 9.84 Å². The molecule has 2 aliphatic heterocycles. The monoisotopic (exact) mass is 287 g/mol. The van der Waals surface area contributed by atoms with Gasteiger partial charge in [-0.25, -0.2) is 13.8 Å². The number of rotatable bonds is 4. The Morgan fingerprint density at radius 2 is 2.21 bits per heavy atom. The molecule has 1 saturated heterocycles. The van der Waals surface area contributed by atoms with Crippen LogP contribution in [-0.4, -0.2) is 44.0 Å². The highest BCUT2D eigenvalue weighted by Crippen LogP contribution is 2.20. The summed E-state index contributed by atoms with van der Waals surface area (Å²) in [6.07, 6.45) is 1.95. The quantitative estimate of drug-likeness (QED) is 0.705. The van der Waals surface area contributed by atoms with Crippen molar-refractivity contribution in [3.63, 3.8) is 0 Å². The molecule has 0 aromatic heterocycles. The summed E-state index contributed by atoms with van der Waals surface area (Å²) in [5.74, 6) is 0.136. The summed E-state index contributed by atoms with van der Waals surface area (Å²) in [5.41, 5.74) is 2.58. The molecule has 2 aliphatic rings. The lowest BCUT2D eigenvalue weighted by atomic mass is 10.1. The van der Waals surface area contributed by atoms with Gasteiger partial charge < -0.3 is 5.32 Å². The van der Waals surface area contributed by atoms with Crippen molar-refractivity contribution in [3.8, 4) is 0 Å². The van der Waals surface area contributed by atoms with Crippen molar-refractivity contribution in [2.75, 3.05) is 18.1 Å². The molecular weight excluding hydrogens is 270 g/mol. The molecule has 19 heavy (non-hydrogen) atoms. The van der Waals surface area contributed by atoms with Gasteiger partial charge in [-0.05, 0) is 18.8 Å². The minimum Gasteiger partial charge on any atom is -0.351 e. The van der Waals surface area contributed by atoms with E-state index in [-0.39, 0.29) is 35.7 Å². The standard InChI is InChI=1S/C11H17N3O4S/c15-10-2-1-9(13-14-10)11(16)12-5-3-8-4-6-19(17,18)7-8/h8H,1-7H2,(H,12,16)(H,14,15). The number of hydrazone groups is 1. The highest BCUT2D eigenvalue weighted by Gasteiger charge is 2.27. The Bertz CT molecular complexity index is 512. The average Bonchev–Trinajstić information content (AvgIpc) is 2.69. The first kappa shape index (κ1) is 14.0. The number of hydrogen-bond acceptors (Lipinski definition) is 5. The number of carbonyl (C=O) groups excluding carboxylic acids is 2. The second-order valence-corrected chi connectivity index (χ2v) is 7.14. The van der Waals surface area contributed by atoms with Crippen LogP contribution >= 0.6 is 0 Å². The van der Waals surface area contributed by atoms with E-state index in [9.17, 15) is 18.0 Å². The molecule has 0 radical (unpaired) electrons. The summed E-state index contributed by atoms with van der Waals surface area (Å²) in [6, 6.07) is 0. The zero-order valence-electron chi connectivity index (χ0n) is 10.5. The minimum atomic E-state index is -2.86. The van der Waals surface area contributed by atoms with Crippen LogP contribution in [0, 0.1) is 5.92 Å². The van der Waals surface area contributed by atoms with Crippen molar-refractivity contribution >= 4 is 27.4 Å². The highest BCUT2D eigenvalue weighted by atomic mass is 32.2. The van der Waals surface area contributed by atoms with Gasteiger partial charge >= 0.3 is 0 Å². The zero-order chi connectivity index (χ0) is 13.9. The first-order chi connectivity index (χ1) is 8.96. The molecule has 0 bridgehead atoms. The van der Waals surface area contributed by atoms with E-state index in [1.54, 1.807) is 0 Å². The first-order valence-corrected chi connectivity index (χ1v) is 8.12. The number of sulfone groups is 1. The molecule has 0 spiro atoms. The lowest BCUT2D eigenvalue weighted by Crippen LogP contribution is -2.37. The molecule has 8 heteroatoms. The van der Waals surface area contributed by atoms with E-state index in [4.69, 9.17) is 0 Å². The molecule has 0 aliphatic carbocycles. The van der Waals surface area contributed by atoms with Gasteiger partial charge in [0.1, 0.15) is 5.71 Å². The Balaban J connectivity index is 1.71. The van der Waals surface area contributed by atoms with Crippen molar-refractivity contribution in [3.05, 3.63) is 0 Å². The van der Waals surface area contributed by atoms with Gasteiger partial charge in [-0.15, -0.1) is 0 Å². The molecule has 0 saturated carbocycles. The second-order valence-electron chi connectivity index (χ2n) is 4.91. The number of hydrogen-bond donors (Lipinski definition) is 2. The van der Waals surface area contributed by atoms with Crippen molar-refractivity contribution in [2.24, 2.45) is 11.0 Å². The number of nitrogens with one attached hydrogen (secondary N) is 2. The Kier molecular flexibility index (Phi) is 4.18. The summed E-state index contributed by atoms with van der Waals surface area (Å²) in [5, 5.41) is 6.40. The summed E-state index contributed by atoms with van der Waals surface area (Å²) in [6.45, 7) is 0.436. The smallest absolute Gasteiger partial charge is 0.267 e.